The maximum absolute atomic E-state index is 15.3. The molecule has 234 valence electrons. The lowest BCUT2D eigenvalue weighted by Crippen LogP contribution is -2.60. The number of amides is 3. The normalized spacial score (nSPS) is 20.7. The molecule has 0 bridgehead atoms. The van der Waals surface area contributed by atoms with Gasteiger partial charge in [-0.2, -0.15) is 18.3 Å². The van der Waals surface area contributed by atoms with E-state index in [4.69, 9.17) is 0 Å². The number of halogens is 4. The number of nitrogens with zero attached hydrogens (tertiary/aromatic N) is 3. The van der Waals surface area contributed by atoms with Crippen LogP contribution < -0.4 is 16.0 Å². The summed E-state index contributed by atoms with van der Waals surface area (Å²) in [6, 6.07) is 2.47. The molecule has 0 spiro atoms. The van der Waals surface area contributed by atoms with Crippen molar-refractivity contribution in [2.75, 3.05) is 25.0 Å². The Morgan fingerprint density at radius 3 is 2.30 bits per heavy atom. The van der Waals surface area contributed by atoms with Gasteiger partial charge in [0.15, 0.2) is 0 Å². The van der Waals surface area contributed by atoms with Crippen molar-refractivity contribution in [3.63, 3.8) is 0 Å². The summed E-state index contributed by atoms with van der Waals surface area (Å²) in [5.41, 5.74) is 0.380. The van der Waals surface area contributed by atoms with Crippen molar-refractivity contribution < 1.29 is 31.9 Å². The first-order chi connectivity index (χ1) is 20.4. The zero-order valence-corrected chi connectivity index (χ0v) is 24.5. The van der Waals surface area contributed by atoms with Gasteiger partial charge in [-0.05, 0) is 88.0 Å². The predicted octanol–water partition coefficient (Wildman–Crippen LogP) is 4.24. The number of nitrogens with one attached hydrogen (secondary N) is 3. The Kier molecular flexibility index (Phi) is 8.82. The lowest BCUT2D eigenvalue weighted by molar-refractivity contribution is -0.193. The number of anilines is 1. The van der Waals surface area contributed by atoms with E-state index >= 15 is 4.39 Å². The first-order valence-corrected chi connectivity index (χ1v) is 14.9. The third-order valence-corrected chi connectivity index (χ3v) is 8.70. The second kappa shape index (κ2) is 12.3. The standard InChI is InChI=1S/C30H38F4N6O3/c1-16(2)40-23(10-11-36-40)27(41)38-26(25(18-4-5-18)19-6-7-19)28(42)37-22-9-8-20(14-21(22)31)17(3)29(43)39-13-12-35-15-24(39)30(32,33)34/h8-11,14,16-19,24-26,35H,4-7,12-13,15H2,1-3H3,(H,37,42)(H,38,41). The van der Waals surface area contributed by atoms with Crippen molar-refractivity contribution in [3.8, 4) is 0 Å². The first-order valence-electron chi connectivity index (χ1n) is 14.9. The Hall–Kier alpha value is -3.48. The molecule has 2 saturated carbocycles. The van der Waals surface area contributed by atoms with Gasteiger partial charge in [-0.3, -0.25) is 19.1 Å². The smallest absolute Gasteiger partial charge is 0.339 e. The number of piperazine rings is 1. The van der Waals surface area contributed by atoms with Crippen molar-refractivity contribution in [1.29, 1.82) is 0 Å². The molecule has 3 fully saturated rings. The zero-order chi connectivity index (χ0) is 31.1. The largest absolute Gasteiger partial charge is 0.410 e. The van der Waals surface area contributed by atoms with Crippen LogP contribution in [0.2, 0.25) is 0 Å². The van der Waals surface area contributed by atoms with Crippen LogP contribution in [0.5, 0.6) is 0 Å². The fraction of sp³-hybridized carbons (Fsp3) is 0.600. The van der Waals surface area contributed by atoms with Crippen LogP contribution >= 0.6 is 0 Å². The number of benzene rings is 1. The van der Waals surface area contributed by atoms with E-state index in [2.05, 4.69) is 21.0 Å². The highest BCUT2D eigenvalue weighted by molar-refractivity contribution is 6.01. The van der Waals surface area contributed by atoms with Crippen molar-refractivity contribution in [3.05, 3.63) is 47.5 Å². The van der Waals surface area contributed by atoms with Crippen LogP contribution in [-0.2, 0) is 9.59 Å². The summed E-state index contributed by atoms with van der Waals surface area (Å²) in [6.07, 6.45) is 0.771. The molecular formula is C30H38F4N6O3. The topological polar surface area (TPSA) is 108 Å². The molecule has 1 saturated heterocycles. The molecule has 3 unspecified atom stereocenters. The summed E-state index contributed by atoms with van der Waals surface area (Å²) in [7, 11) is 0. The molecule has 3 N–H and O–H groups in total. The fourth-order valence-electron chi connectivity index (χ4n) is 6.11. The maximum Gasteiger partial charge on any atom is 0.410 e. The fourth-order valence-corrected chi connectivity index (χ4v) is 6.11. The molecule has 2 aromatic rings. The molecule has 3 amide bonds. The van der Waals surface area contributed by atoms with Crippen molar-refractivity contribution >= 4 is 23.4 Å². The number of aromatic nitrogens is 2. The van der Waals surface area contributed by atoms with Crippen molar-refractivity contribution in [2.24, 2.45) is 17.8 Å². The number of rotatable bonds is 10. The molecule has 9 nitrogen and oxygen atoms in total. The van der Waals surface area contributed by atoms with E-state index in [1.807, 2.05) is 13.8 Å². The zero-order valence-electron chi connectivity index (χ0n) is 24.5. The average Bonchev–Trinajstić information content (AvgIpc) is 3.91. The predicted molar refractivity (Wildman–Crippen MR) is 151 cm³/mol. The van der Waals surface area contributed by atoms with Crippen LogP contribution in [-0.4, -0.2) is 70.3 Å². The number of alkyl halides is 3. The molecule has 43 heavy (non-hydrogen) atoms. The second-order valence-corrected chi connectivity index (χ2v) is 12.2. The number of carbonyl (C=O) groups excluding carboxylic acids is 3. The van der Waals surface area contributed by atoms with E-state index in [9.17, 15) is 27.6 Å². The monoisotopic (exact) mass is 606 g/mol. The van der Waals surface area contributed by atoms with E-state index in [1.54, 1.807) is 10.7 Å². The minimum Gasteiger partial charge on any atom is -0.339 e. The Morgan fingerprint density at radius 2 is 1.72 bits per heavy atom. The Balaban J connectivity index is 1.33. The Bertz CT molecular complexity index is 1340. The molecule has 1 aromatic carbocycles. The highest BCUT2D eigenvalue weighted by Gasteiger charge is 2.49. The molecule has 0 radical (unpaired) electrons. The van der Waals surface area contributed by atoms with Crippen LogP contribution in [0.15, 0.2) is 30.5 Å². The van der Waals surface area contributed by atoms with Crippen molar-refractivity contribution in [2.45, 2.75) is 76.7 Å². The number of hydrogen-bond acceptors (Lipinski definition) is 5. The molecule has 5 rings (SSSR count). The third-order valence-electron chi connectivity index (χ3n) is 8.70. The SMILES string of the molecule is CC(C(=O)N1CCNCC1C(F)(F)F)c1ccc(NC(=O)C(NC(=O)c2ccnn2C(C)C)C(C2CC2)C2CC2)c(F)c1. The highest BCUT2D eigenvalue weighted by Crippen LogP contribution is 2.51. The molecule has 3 atom stereocenters. The van der Waals surface area contributed by atoms with Gasteiger partial charge >= 0.3 is 6.18 Å². The summed E-state index contributed by atoms with van der Waals surface area (Å²) in [4.78, 5) is 40.8. The van der Waals surface area contributed by atoms with Gasteiger partial charge in [-0.25, -0.2) is 4.39 Å². The van der Waals surface area contributed by atoms with Crippen LogP contribution in [0.4, 0.5) is 23.2 Å². The molecule has 1 aliphatic heterocycles. The molecule has 2 aliphatic carbocycles. The van der Waals surface area contributed by atoms with Crippen LogP contribution in [0.1, 0.15) is 74.5 Å². The first kappa shape index (κ1) is 31.0. The molecular weight excluding hydrogens is 568 g/mol. The summed E-state index contributed by atoms with van der Waals surface area (Å²) in [6.45, 7) is 4.94. The van der Waals surface area contributed by atoms with Gasteiger partial charge in [-0.15, -0.1) is 0 Å². The lowest BCUT2D eigenvalue weighted by Gasteiger charge is -2.38. The Labute approximate surface area is 247 Å². The minimum absolute atomic E-state index is 0.0708. The second-order valence-electron chi connectivity index (χ2n) is 12.2. The van der Waals surface area contributed by atoms with Crippen LogP contribution in [0, 0.1) is 23.6 Å². The number of carbonyl (C=O) groups is 3. The Morgan fingerprint density at radius 1 is 1.05 bits per heavy atom. The van der Waals surface area contributed by atoms with Crippen LogP contribution in [0.25, 0.3) is 0 Å². The lowest BCUT2D eigenvalue weighted by atomic mass is 9.88. The van der Waals surface area contributed by atoms with Gasteiger partial charge in [0, 0.05) is 31.9 Å². The molecule has 3 aliphatic rings. The van der Waals surface area contributed by atoms with Gasteiger partial charge in [0.1, 0.15) is 23.6 Å². The van der Waals surface area contributed by atoms with E-state index < -0.39 is 54.3 Å². The third kappa shape index (κ3) is 6.86. The summed E-state index contributed by atoms with van der Waals surface area (Å²) in [5, 5.41) is 12.4. The van der Waals surface area contributed by atoms with Gasteiger partial charge in [0.05, 0.1) is 11.6 Å². The van der Waals surface area contributed by atoms with Gasteiger partial charge in [0.25, 0.3) is 5.91 Å². The van der Waals surface area contributed by atoms with Crippen molar-refractivity contribution in [1.82, 2.24) is 25.3 Å². The summed E-state index contributed by atoms with van der Waals surface area (Å²) in [5.74, 6) is -3.08. The average molecular weight is 607 g/mol. The maximum atomic E-state index is 15.3. The van der Waals surface area contributed by atoms with Crippen LogP contribution in [0.3, 0.4) is 0 Å². The van der Waals surface area contributed by atoms with E-state index in [0.29, 0.717) is 17.5 Å². The summed E-state index contributed by atoms with van der Waals surface area (Å²) >= 11 is 0. The molecule has 1 aromatic heterocycles. The highest BCUT2D eigenvalue weighted by atomic mass is 19.4. The van der Waals surface area contributed by atoms with Gasteiger partial charge in [0.2, 0.25) is 11.8 Å². The van der Waals surface area contributed by atoms with Gasteiger partial charge in [-0.1, -0.05) is 6.07 Å². The van der Waals surface area contributed by atoms with Gasteiger partial charge < -0.3 is 20.9 Å². The summed E-state index contributed by atoms with van der Waals surface area (Å²) < 4.78 is 57.5. The minimum atomic E-state index is -4.60. The number of hydrogen-bond donors (Lipinski definition) is 3. The molecule has 13 heteroatoms. The van der Waals surface area contributed by atoms with E-state index in [1.165, 1.54) is 25.3 Å². The van der Waals surface area contributed by atoms with E-state index in [-0.39, 0.29) is 36.3 Å². The quantitative estimate of drug-likeness (QED) is 0.351. The molecule has 2 heterocycles. The van der Waals surface area contributed by atoms with E-state index in [0.717, 1.165) is 36.6 Å².